The van der Waals surface area contributed by atoms with Gasteiger partial charge in [0.2, 0.25) is 53.8 Å². The molecule has 31 N–H and O–H groups in total. The summed E-state index contributed by atoms with van der Waals surface area (Å²) in [5.41, 5.74) is 9.22. The van der Waals surface area contributed by atoms with Crippen molar-refractivity contribution in [3.63, 3.8) is 0 Å². The molecule has 6 fully saturated rings. The highest BCUT2D eigenvalue weighted by Crippen LogP contribution is 2.51. The average Bonchev–Trinajstić information content (AvgIpc) is 0.742. The van der Waals surface area contributed by atoms with Crippen molar-refractivity contribution in [2.75, 3.05) is 33.5 Å². The fourth-order valence-electron chi connectivity index (χ4n) is 18.6. The fraction of sp³-hybridized carbons (Fsp3) is 0.484. The first-order valence-electron chi connectivity index (χ1n) is 46.4. The number of fused-ring (bicyclic) bond motifs is 14. The zero-order valence-electron chi connectivity index (χ0n) is 77.9. The third kappa shape index (κ3) is 21.4. The van der Waals surface area contributed by atoms with Gasteiger partial charge in [0.1, 0.15) is 192 Å². The second-order valence-electron chi connectivity index (χ2n) is 36.9. The second-order valence-corrected chi connectivity index (χ2v) is 36.9. The predicted octanol–water partition coefficient (Wildman–Crippen LogP) is -6.50. The van der Waals surface area contributed by atoms with Crippen LogP contribution in [0.1, 0.15) is 107 Å². The van der Waals surface area contributed by atoms with Crippen LogP contribution >= 0.6 is 0 Å². The standard InChI is InChI=1S/C95H110N8O44/c1-30-47(109)18-37-20-49(30)139-50-19-35(9-16-46(50)108)59(97)84(125)102-64-68(113)33-5-11-40(12-6-33)137-52-21-38-22-53(81(52)145-95-83(76(121)72(117)56(143-95)29-134-91-78(123)73(118)67(112)32(3)136-91)147-94-82(75(120)71(116)55(27-105)142-94)146-92-77(122)69(114)48(110)28-133-92)138-41-13-7-34(8-14-41)80(144-57-25-44(96)66(111)31(2)135-57)65-89(130)101-63(90(131)132-4)43-23-39(106)24-51(140-93-79(124)74(119)70(115)54(26-104)141-93)58(43)42-17-36(10-15-45(42)107)60(85(126)103-65)98-87(128)62(38)99-86(127)61(37)100-88(64)129/h5-24,31-32,44,48,54-57,59-80,82-83,91-95,104-124H,25-29,96-97H2,1-4H3,(H,98,128)(H,99,127)(H,100,129)(H,101,130)(H,102,125)(H,103,126)/t31-,32-,44+,48+,54+,55+,56+,57-,59-,60+,61-,62+,63?,64+,65-,66-,67-,68+,69+,70+,71+,72+,73+,74-,75-,76-,77-,78+,79-,80+,82-,83+,91+,92-,93+,94?,95-/m0/s1. The van der Waals surface area contributed by atoms with Crippen LogP contribution in [0.4, 0.5) is 0 Å². The molecule has 147 heavy (non-hydrogen) atoms. The minimum absolute atomic E-state index is 0.0673. The predicted molar refractivity (Wildman–Crippen MR) is 483 cm³/mol. The van der Waals surface area contributed by atoms with Crippen LogP contribution in [0.25, 0.3) is 11.1 Å². The normalized spacial score (nSPS) is 36.2. The highest BCUT2D eigenvalue weighted by molar-refractivity contribution is 6.00. The Morgan fingerprint density at radius 3 is 1.59 bits per heavy atom. The van der Waals surface area contributed by atoms with E-state index in [1.54, 1.807) is 0 Å². The highest BCUT2D eigenvalue weighted by Gasteiger charge is 2.57. The number of esters is 1. The van der Waals surface area contributed by atoms with Crippen LogP contribution in [0.3, 0.4) is 0 Å². The average molecular weight is 2070 g/mol. The van der Waals surface area contributed by atoms with Crippen molar-refractivity contribution in [3.05, 3.63) is 166 Å². The van der Waals surface area contributed by atoms with Crippen LogP contribution in [0, 0.1) is 6.92 Å². The molecule has 7 aromatic rings. The van der Waals surface area contributed by atoms with E-state index >= 15 is 24.0 Å². The first-order valence-corrected chi connectivity index (χ1v) is 46.4. The molecule has 0 radical (unpaired) electrons. The summed E-state index contributed by atoms with van der Waals surface area (Å²) in [4.78, 5) is 113. The molecule has 0 aliphatic carbocycles. The second kappa shape index (κ2) is 43.6. The number of aromatic hydroxyl groups is 4. The summed E-state index contributed by atoms with van der Waals surface area (Å²) in [7, 11) is 0.873. The van der Waals surface area contributed by atoms with E-state index in [9.17, 15) is 117 Å². The number of methoxy groups -OCH3 is 1. The number of rotatable bonds is 16. The summed E-state index contributed by atoms with van der Waals surface area (Å²) in [5, 5.41) is 257. The van der Waals surface area contributed by atoms with Gasteiger partial charge in [-0.2, -0.15) is 0 Å². The number of phenols is 4. The van der Waals surface area contributed by atoms with E-state index in [2.05, 4.69) is 31.9 Å². The first-order chi connectivity index (χ1) is 70.0. The molecule has 12 heterocycles. The zero-order valence-corrected chi connectivity index (χ0v) is 77.9. The fourth-order valence-corrected chi connectivity index (χ4v) is 18.6. The lowest BCUT2D eigenvalue weighted by Crippen LogP contribution is -2.67. The Balaban J connectivity index is 0.908. The molecule has 12 aliphatic rings. The highest BCUT2D eigenvalue weighted by atomic mass is 16.8. The minimum Gasteiger partial charge on any atom is -0.508 e. The van der Waals surface area contributed by atoms with Crippen LogP contribution in [-0.4, -0.2) is 366 Å². The number of hydrogen-bond acceptors (Lipinski definition) is 46. The molecule has 7 aromatic carbocycles. The molecule has 794 valence electrons. The van der Waals surface area contributed by atoms with E-state index in [0.29, 0.717) is 0 Å². The summed E-state index contributed by atoms with van der Waals surface area (Å²) in [6, 6.07) is 4.22. The minimum atomic E-state index is -2.60. The summed E-state index contributed by atoms with van der Waals surface area (Å²) < 4.78 is 99.8. The van der Waals surface area contributed by atoms with E-state index < -0.39 is 386 Å². The van der Waals surface area contributed by atoms with Crippen LogP contribution in [-0.2, 0) is 85.7 Å². The maximum atomic E-state index is 17.3. The van der Waals surface area contributed by atoms with Crippen LogP contribution < -0.4 is 67.1 Å². The number of ether oxygens (including phenoxy) is 16. The number of phenolic OH excluding ortho intramolecular Hbond substituents is 4. The molecule has 0 spiro atoms. The molecule has 6 amide bonds. The maximum absolute atomic E-state index is 17.3. The topological polar surface area (TPSA) is 816 Å². The molecule has 0 saturated carbocycles. The molecule has 12 aliphatic heterocycles. The monoisotopic (exact) mass is 2070 g/mol. The van der Waals surface area contributed by atoms with Gasteiger partial charge in [0.25, 0.3) is 0 Å². The molecule has 52 heteroatoms. The SMILES string of the molecule is COC(=O)C1NC(=O)[C@H]2NC(=O)[C@H](NC(=O)[C@@H]3NC(=O)[C@H]4NC(=O)[C@H](NC(=O)[C@@H](N)c5ccc(O)c(c5)Oc5cc4cc(O)c5C)[C@H](O)c4ccc(cc4)Oc4cc3cc(c4O[C@@H]3O[C@H](CO[C@@H]4O[C@@H](C)[C@H](O)[C@@H](O)[C@H]4O)[C@@H](O)[C@H](O)[C@H]3OC3O[C@H](CO)[C@@H](O)[C@H](O)[C@@H]3O[C@@H]3OC[C@@H](O)[C@@H](O)[C@@H]3O)Oc3ccc(cc3)[C@H]2O[C@H]2C[C@@H](N)[C@@H](O)[C@H](C)O2)c2ccc(O)c(c2)-c2c(O[C@@H]3O[C@H](CO)[C@@H](O)[C@H](O)[C@@H]3O)cc(O)cc21. The van der Waals surface area contributed by atoms with E-state index in [0.717, 1.165) is 98.1 Å². The van der Waals surface area contributed by atoms with E-state index in [4.69, 9.17) is 87.3 Å². The van der Waals surface area contributed by atoms with E-state index in [1.165, 1.54) is 51.1 Å². The van der Waals surface area contributed by atoms with Crippen molar-refractivity contribution in [1.82, 2.24) is 31.9 Å². The van der Waals surface area contributed by atoms with Gasteiger partial charge in [-0.05, 0) is 133 Å². The number of aliphatic hydroxyl groups excluding tert-OH is 17. The molecule has 52 nitrogen and oxygen atoms in total. The van der Waals surface area contributed by atoms with Crippen molar-refractivity contribution in [3.8, 4) is 80.1 Å². The Kier molecular flexibility index (Phi) is 31.5. The van der Waals surface area contributed by atoms with Gasteiger partial charge in [-0.25, -0.2) is 4.79 Å². The third-order valence-corrected chi connectivity index (χ3v) is 27.1. The lowest BCUT2D eigenvalue weighted by atomic mass is 9.89. The van der Waals surface area contributed by atoms with Crippen LogP contribution in [0.5, 0.6) is 69.0 Å². The number of carbonyl (C=O) groups is 7. The molecular weight excluding hydrogens is 1960 g/mol. The molecule has 17 bridgehead atoms. The molecule has 0 aromatic heterocycles. The van der Waals surface area contributed by atoms with Crippen LogP contribution in [0.2, 0.25) is 0 Å². The number of aliphatic hydroxyl groups is 17. The van der Waals surface area contributed by atoms with Gasteiger partial charge in [-0.1, -0.05) is 36.4 Å². The van der Waals surface area contributed by atoms with Crippen molar-refractivity contribution in [2.24, 2.45) is 11.5 Å². The number of carbonyl (C=O) groups excluding carboxylic acids is 7. The number of nitrogens with two attached hydrogens (primary N) is 2. The number of amides is 6. The molecule has 6 saturated heterocycles. The van der Waals surface area contributed by atoms with Crippen molar-refractivity contribution < 1.29 is 217 Å². The van der Waals surface area contributed by atoms with Crippen molar-refractivity contribution >= 4 is 41.4 Å². The maximum Gasteiger partial charge on any atom is 0.333 e. The van der Waals surface area contributed by atoms with Crippen LogP contribution in [0.15, 0.2) is 121 Å². The third-order valence-electron chi connectivity index (χ3n) is 27.1. The van der Waals surface area contributed by atoms with Gasteiger partial charge in [0.05, 0.1) is 51.8 Å². The summed E-state index contributed by atoms with van der Waals surface area (Å²) in [6.45, 7) is 0.141. The quantitative estimate of drug-likeness (QED) is 0.0400. The lowest BCUT2D eigenvalue weighted by Gasteiger charge is -2.48. The molecule has 19 rings (SSSR count). The Hall–Kier alpha value is -12.1. The number of benzene rings is 7. The molecule has 37 atom stereocenters. The van der Waals surface area contributed by atoms with Gasteiger partial charge in [0, 0.05) is 40.8 Å². The van der Waals surface area contributed by atoms with E-state index in [1.807, 2.05) is 0 Å². The number of hydrogen-bond donors (Lipinski definition) is 29. The van der Waals surface area contributed by atoms with Gasteiger partial charge >= 0.3 is 5.97 Å². The summed E-state index contributed by atoms with van der Waals surface area (Å²) in [5.74, 6) is -17.8. The molecule has 2 unspecified atom stereocenters. The summed E-state index contributed by atoms with van der Waals surface area (Å²) >= 11 is 0. The smallest absolute Gasteiger partial charge is 0.333 e. The Labute approximate surface area is 831 Å². The first kappa shape index (κ1) is 106. The lowest BCUT2D eigenvalue weighted by molar-refractivity contribution is -0.385. The van der Waals surface area contributed by atoms with Gasteiger partial charge in [0.15, 0.2) is 60.3 Å². The summed E-state index contributed by atoms with van der Waals surface area (Å²) in [6.07, 6.45) is -58.6. The Morgan fingerprint density at radius 2 is 0.946 bits per heavy atom. The number of nitrogens with one attached hydrogen (secondary N) is 6. The Bertz CT molecular complexity index is 6010. The largest absolute Gasteiger partial charge is 0.508 e. The Morgan fingerprint density at radius 1 is 0.429 bits per heavy atom. The van der Waals surface area contributed by atoms with Crippen molar-refractivity contribution in [1.29, 1.82) is 0 Å². The van der Waals surface area contributed by atoms with Gasteiger partial charge < -0.3 is 226 Å². The van der Waals surface area contributed by atoms with Gasteiger partial charge in [-0.3, -0.25) is 28.8 Å². The van der Waals surface area contributed by atoms with Gasteiger partial charge in [-0.15, -0.1) is 0 Å². The van der Waals surface area contributed by atoms with Crippen molar-refractivity contribution in [2.45, 2.75) is 254 Å². The zero-order chi connectivity index (χ0) is 105. The van der Waals surface area contributed by atoms with E-state index in [-0.39, 0.29) is 39.5 Å². The molecular formula is C95H110N8O44.